The molecule has 1 heterocycles. The summed E-state index contributed by atoms with van der Waals surface area (Å²) < 4.78 is 26.8. The lowest BCUT2D eigenvalue weighted by Crippen LogP contribution is -2.47. The first-order chi connectivity index (χ1) is 11.1. The monoisotopic (exact) mass is 355 g/mol. The van der Waals surface area contributed by atoms with Crippen molar-refractivity contribution in [3.05, 3.63) is 12.7 Å². The molecule has 1 amide bonds. The second kappa shape index (κ2) is 5.56. The Hall–Kier alpha value is -0.880. The van der Waals surface area contributed by atoms with Gasteiger partial charge in [-0.05, 0) is 43.4 Å². The number of hydrogen-bond donors (Lipinski definition) is 1. The summed E-state index contributed by atoms with van der Waals surface area (Å²) in [5.74, 6) is -0.585. The highest BCUT2D eigenvalue weighted by Crippen LogP contribution is 2.70. The van der Waals surface area contributed by atoms with Crippen LogP contribution in [-0.2, 0) is 14.8 Å². The van der Waals surface area contributed by atoms with Gasteiger partial charge >= 0.3 is 0 Å². The summed E-state index contributed by atoms with van der Waals surface area (Å²) in [6, 6.07) is -0.224. The molecule has 1 spiro atoms. The van der Waals surface area contributed by atoms with Crippen molar-refractivity contribution in [2.24, 2.45) is 22.7 Å². The van der Waals surface area contributed by atoms with Gasteiger partial charge in [0, 0.05) is 5.41 Å². The van der Waals surface area contributed by atoms with E-state index < -0.39 is 28.0 Å². The molecule has 2 bridgehead atoms. The van der Waals surface area contributed by atoms with Crippen LogP contribution in [-0.4, -0.2) is 41.6 Å². The molecular formula is C18H29NO4S. The molecule has 2 aliphatic carbocycles. The van der Waals surface area contributed by atoms with Crippen LogP contribution >= 0.6 is 0 Å². The molecule has 1 aliphatic heterocycles. The van der Waals surface area contributed by atoms with E-state index in [1.165, 1.54) is 0 Å². The number of allylic oxidation sites excluding steroid dienone is 1. The molecular weight excluding hydrogens is 326 g/mol. The maximum Gasteiger partial charge on any atom is 0.241 e. The van der Waals surface area contributed by atoms with Gasteiger partial charge in [-0.15, -0.1) is 6.58 Å². The molecule has 136 valence electrons. The Morgan fingerprint density at radius 1 is 1.46 bits per heavy atom. The fraction of sp³-hybridized carbons (Fsp3) is 0.833. The molecule has 3 fully saturated rings. The van der Waals surface area contributed by atoms with Crippen LogP contribution in [0.15, 0.2) is 12.7 Å². The molecule has 0 radical (unpaired) electrons. The van der Waals surface area contributed by atoms with E-state index in [0.29, 0.717) is 18.8 Å². The minimum atomic E-state index is -3.61. The highest BCUT2D eigenvalue weighted by Gasteiger charge is 2.72. The van der Waals surface area contributed by atoms with E-state index in [1.54, 1.807) is 13.0 Å². The number of aliphatic hydroxyl groups is 1. The fourth-order valence-electron chi connectivity index (χ4n) is 5.48. The lowest BCUT2D eigenvalue weighted by molar-refractivity contribution is -0.136. The number of nitrogens with zero attached hydrogens (tertiary/aromatic N) is 1. The molecule has 24 heavy (non-hydrogen) atoms. The Bertz CT molecular complexity index is 656. The first-order valence-electron chi connectivity index (χ1n) is 8.93. The molecule has 0 aromatic carbocycles. The number of sulfonamides is 1. The van der Waals surface area contributed by atoms with Gasteiger partial charge in [-0.1, -0.05) is 26.8 Å². The summed E-state index contributed by atoms with van der Waals surface area (Å²) in [7, 11) is -3.61. The predicted octanol–water partition coefficient (Wildman–Crippen LogP) is 2.32. The van der Waals surface area contributed by atoms with E-state index in [4.69, 9.17) is 0 Å². The number of carbonyl (C=O) groups is 1. The third-order valence-electron chi connectivity index (χ3n) is 7.26. The molecule has 2 saturated carbocycles. The maximum atomic E-state index is 13.0. The molecule has 5 atom stereocenters. The Kier molecular flexibility index (Phi) is 4.15. The summed E-state index contributed by atoms with van der Waals surface area (Å²) in [5.41, 5.74) is -0.359. The molecule has 3 rings (SSSR count). The lowest BCUT2D eigenvalue weighted by Gasteiger charge is -2.37. The van der Waals surface area contributed by atoms with Crippen molar-refractivity contribution in [2.75, 3.05) is 5.75 Å². The third-order valence-corrected chi connectivity index (χ3v) is 9.18. The Morgan fingerprint density at radius 2 is 2.12 bits per heavy atom. The van der Waals surface area contributed by atoms with E-state index in [2.05, 4.69) is 20.4 Å². The second-order valence-corrected chi connectivity index (χ2v) is 10.3. The number of hydrogen-bond acceptors (Lipinski definition) is 4. The van der Waals surface area contributed by atoms with Gasteiger partial charge in [0.15, 0.2) is 0 Å². The van der Waals surface area contributed by atoms with Crippen LogP contribution in [0.25, 0.3) is 0 Å². The van der Waals surface area contributed by atoms with Crippen molar-refractivity contribution < 1.29 is 18.3 Å². The minimum absolute atomic E-state index is 0.0511. The van der Waals surface area contributed by atoms with E-state index in [1.807, 2.05) is 0 Å². The van der Waals surface area contributed by atoms with Gasteiger partial charge in [0.25, 0.3) is 0 Å². The molecule has 5 nitrogen and oxygen atoms in total. The van der Waals surface area contributed by atoms with Crippen LogP contribution in [0.3, 0.4) is 0 Å². The van der Waals surface area contributed by atoms with Crippen molar-refractivity contribution in [3.8, 4) is 0 Å². The average Bonchev–Trinajstić information content (AvgIpc) is 2.98. The maximum absolute atomic E-state index is 13.0. The van der Waals surface area contributed by atoms with Crippen molar-refractivity contribution in [1.82, 2.24) is 4.31 Å². The normalized spacial score (nSPS) is 37.9. The lowest BCUT2D eigenvalue weighted by atomic mass is 9.69. The standard InChI is InChI=1S/C18H29NO4S/c1-5-6-7-14(20)12(2)16(21)19-15-10-13-8-9-18(15,17(13,3)4)11-24(19,22)23/h5,12-15,20H,1,6-11H2,2-4H3/t12-,13?,14-,15+,18+/m1/s1. The van der Waals surface area contributed by atoms with Crippen LogP contribution in [0.5, 0.6) is 0 Å². The number of carbonyl (C=O) groups excluding carboxylic acids is 1. The van der Waals surface area contributed by atoms with Crippen molar-refractivity contribution in [3.63, 3.8) is 0 Å². The predicted molar refractivity (Wildman–Crippen MR) is 92.6 cm³/mol. The van der Waals surface area contributed by atoms with Gasteiger partial charge in [0.2, 0.25) is 15.9 Å². The minimum Gasteiger partial charge on any atom is -0.392 e. The van der Waals surface area contributed by atoms with Crippen LogP contribution < -0.4 is 0 Å². The number of aliphatic hydroxyl groups excluding tert-OH is 1. The zero-order valence-corrected chi connectivity index (χ0v) is 15.7. The molecule has 3 aliphatic rings. The summed E-state index contributed by atoms with van der Waals surface area (Å²) >= 11 is 0. The van der Waals surface area contributed by atoms with Crippen LogP contribution in [0.2, 0.25) is 0 Å². The Balaban J connectivity index is 1.89. The first-order valence-corrected chi connectivity index (χ1v) is 10.5. The summed E-state index contributed by atoms with van der Waals surface area (Å²) in [6.07, 6.45) is 4.59. The molecule has 0 aromatic heterocycles. The zero-order valence-electron chi connectivity index (χ0n) is 14.9. The van der Waals surface area contributed by atoms with Gasteiger partial charge in [-0.3, -0.25) is 4.79 Å². The number of rotatable bonds is 5. The molecule has 1 N–H and O–H groups in total. The topological polar surface area (TPSA) is 74.7 Å². The van der Waals surface area contributed by atoms with Crippen LogP contribution in [0.4, 0.5) is 0 Å². The average molecular weight is 356 g/mol. The fourth-order valence-corrected chi connectivity index (χ4v) is 8.10. The third kappa shape index (κ3) is 2.22. The van der Waals surface area contributed by atoms with Crippen molar-refractivity contribution in [2.45, 2.75) is 65.0 Å². The van der Waals surface area contributed by atoms with E-state index in [0.717, 1.165) is 23.6 Å². The highest BCUT2D eigenvalue weighted by molar-refractivity contribution is 7.90. The number of fused-ring (bicyclic) bond motifs is 1. The number of amides is 1. The molecule has 1 unspecified atom stereocenters. The zero-order chi connectivity index (χ0) is 17.9. The summed E-state index contributed by atoms with van der Waals surface area (Å²) in [4.78, 5) is 13.0. The van der Waals surface area contributed by atoms with Crippen molar-refractivity contribution in [1.29, 1.82) is 0 Å². The largest absolute Gasteiger partial charge is 0.392 e. The Labute approximate surface area is 145 Å². The van der Waals surface area contributed by atoms with Crippen LogP contribution in [0, 0.1) is 22.7 Å². The van der Waals surface area contributed by atoms with Crippen molar-refractivity contribution >= 4 is 15.9 Å². The van der Waals surface area contributed by atoms with E-state index in [-0.39, 0.29) is 22.6 Å². The van der Waals surface area contributed by atoms with Gasteiger partial charge < -0.3 is 5.11 Å². The molecule has 6 heteroatoms. The highest BCUT2D eigenvalue weighted by atomic mass is 32.2. The van der Waals surface area contributed by atoms with Gasteiger partial charge in [-0.25, -0.2) is 12.7 Å². The molecule has 0 aromatic rings. The van der Waals surface area contributed by atoms with Gasteiger partial charge in [0.1, 0.15) is 0 Å². The SMILES string of the molecule is C=CCC[C@@H](O)[C@@H](C)C(=O)N1[C@H]2CC3CC[C@@]2(CS1(=O)=O)C3(C)C. The van der Waals surface area contributed by atoms with E-state index in [9.17, 15) is 18.3 Å². The smallest absolute Gasteiger partial charge is 0.241 e. The Morgan fingerprint density at radius 3 is 2.71 bits per heavy atom. The van der Waals surface area contributed by atoms with E-state index >= 15 is 0 Å². The first kappa shape index (κ1) is 17.9. The second-order valence-electron chi connectivity index (χ2n) is 8.48. The quantitative estimate of drug-likeness (QED) is 0.768. The summed E-state index contributed by atoms with van der Waals surface area (Å²) in [5, 5.41) is 10.2. The van der Waals surface area contributed by atoms with Gasteiger partial charge in [-0.2, -0.15) is 0 Å². The molecule has 1 saturated heterocycles. The summed E-state index contributed by atoms with van der Waals surface area (Å²) in [6.45, 7) is 9.58. The van der Waals surface area contributed by atoms with Gasteiger partial charge in [0.05, 0.1) is 23.8 Å². The van der Waals surface area contributed by atoms with Crippen LogP contribution in [0.1, 0.15) is 52.9 Å².